The van der Waals surface area contributed by atoms with Gasteiger partial charge in [0.25, 0.3) is 0 Å². The van der Waals surface area contributed by atoms with Crippen molar-refractivity contribution in [2.45, 2.75) is 32.1 Å². The van der Waals surface area contributed by atoms with E-state index in [4.69, 9.17) is 11.6 Å². The Morgan fingerprint density at radius 2 is 2.11 bits per heavy atom. The lowest BCUT2D eigenvalue weighted by Crippen LogP contribution is -2.23. The molecular weight excluding hydrogens is 266 g/mol. The van der Waals surface area contributed by atoms with Crippen molar-refractivity contribution in [2.75, 3.05) is 11.9 Å². The Labute approximate surface area is 117 Å². The van der Waals surface area contributed by atoms with Crippen LogP contribution in [-0.2, 0) is 0 Å². The van der Waals surface area contributed by atoms with Crippen LogP contribution in [0.25, 0.3) is 10.2 Å². The molecule has 1 N–H and O–H groups in total. The molecule has 2 heterocycles. The highest BCUT2D eigenvalue weighted by Gasteiger charge is 2.16. The molecule has 0 aliphatic carbocycles. The monoisotopic (exact) mass is 283 g/mol. The molecule has 1 atom stereocenters. The number of hydrogen-bond acceptors (Lipinski definition) is 4. The summed E-state index contributed by atoms with van der Waals surface area (Å²) in [5, 5.41) is 6.60. The maximum Gasteiger partial charge on any atom is 0.138 e. The molecule has 18 heavy (non-hydrogen) atoms. The van der Waals surface area contributed by atoms with Gasteiger partial charge in [0.05, 0.1) is 10.8 Å². The summed E-state index contributed by atoms with van der Waals surface area (Å²) in [5.74, 6) is 1.44. The Morgan fingerprint density at radius 3 is 2.83 bits per heavy atom. The van der Waals surface area contributed by atoms with Crippen LogP contribution in [0.4, 0.5) is 5.82 Å². The van der Waals surface area contributed by atoms with Crippen LogP contribution in [0.3, 0.4) is 0 Å². The van der Waals surface area contributed by atoms with E-state index in [1.54, 1.807) is 17.7 Å². The molecular formula is C13H18ClN3S. The molecule has 2 rings (SSSR count). The second kappa shape index (κ2) is 6.34. The maximum absolute atomic E-state index is 6.42. The topological polar surface area (TPSA) is 37.8 Å². The quantitative estimate of drug-likeness (QED) is 0.810. The summed E-state index contributed by atoms with van der Waals surface area (Å²) in [6, 6.07) is 2.04. The minimum Gasteiger partial charge on any atom is -0.368 e. The van der Waals surface area contributed by atoms with Crippen molar-refractivity contribution in [2.24, 2.45) is 5.92 Å². The maximum atomic E-state index is 6.42. The van der Waals surface area contributed by atoms with Crippen molar-refractivity contribution >= 4 is 39.0 Å². The Hall–Kier alpha value is -0.870. The Bertz CT molecular complexity index is 496. The molecule has 3 nitrogen and oxygen atoms in total. The second-order valence-electron chi connectivity index (χ2n) is 4.34. The van der Waals surface area contributed by atoms with Gasteiger partial charge in [-0.3, -0.25) is 0 Å². The molecule has 5 heteroatoms. The van der Waals surface area contributed by atoms with E-state index in [1.807, 2.05) is 11.4 Å². The lowest BCUT2D eigenvalue weighted by Gasteiger charge is -2.19. The molecule has 98 valence electrons. The first-order valence-corrected chi connectivity index (χ1v) is 7.64. The second-order valence-corrected chi connectivity index (χ2v) is 5.79. The Kier molecular flexibility index (Phi) is 4.78. The standard InChI is InChI=1S/C13H18ClN3S/c1-3-9(4-2)11(14)7-15-12-10-5-6-18-13(10)17-8-16-12/h5-6,8-9,11H,3-4,7H2,1-2H3,(H,15,16,17). The fourth-order valence-corrected chi connectivity index (χ4v) is 3.26. The van der Waals surface area contributed by atoms with Crippen LogP contribution in [0.15, 0.2) is 17.8 Å². The van der Waals surface area contributed by atoms with E-state index in [0.717, 1.165) is 35.4 Å². The molecule has 0 spiro atoms. The van der Waals surface area contributed by atoms with E-state index in [2.05, 4.69) is 29.1 Å². The average Bonchev–Trinajstić information content (AvgIpc) is 2.86. The summed E-state index contributed by atoms with van der Waals surface area (Å²) < 4.78 is 0. The van der Waals surface area contributed by atoms with Crippen molar-refractivity contribution in [3.63, 3.8) is 0 Å². The number of hydrogen-bond donors (Lipinski definition) is 1. The highest BCUT2D eigenvalue weighted by atomic mass is 35.5. The van der Waals surface area contributed by atoms with Crippen LogP contribution in [0.2, 0.25) is 0 Å². The summed E-state index contributed by atoms with van der Waals surface area (Å²) in [6.45, 7) is 5.12. The summed E-state index contributed by atoms with van der Waals surface area (Å²) in [7, 11) is 0. The Balaban J connectivity index is 2.04. The van der Waals surface area contributed by atoms with E-state index in [1.165, 1.54) is 0 Å². The van der Waals surface area contributed by atoms with E-state index < -0.39 is 0 Å². The van der Waals surface area contributed by atoms with Gasteiger partial charge in [0.2, 0.25) is 0 Å². The van der Waals surface area contributed by atoms with E-state index in [-0.39, 0.29) is 5.38 Å². The normalized spacial score (nSPS) is 13.1. The van der Waals surface area contributed by atoms with Gasteiger partial charge >= 0.3 is 0 Å². The zero-order chi connectivity index (χ0) is 13.0. The zero-order valence-electron chi connectivity index (χ0n) is 10.7. The number of halogens is 1. The summed E-state index contributed by atoms with van der Waals surface area (Å²) in [4.78, 5) is 9.53. The highest BCUT2D eigenvalue weighted by Crippen LogP contribution is 2.25. The van der Waals surface area contributed by atoms with Gasteiger partial charge in [-0.1, -0.05) is 26.7 Å². The molecule has 2 aromatic rings. The van der Waals surface area contributed by atoms with E-state index >= 15 is 0 Å². The van der Waals surface area contributed by atoms with Crippen molar-refractivity contribution in [3.8, 4) is 0 Å². The van der Waals surface area contributed by atoms with Crippen LogP contribution < -0.4 is 5.32 Å². The predicted octanol–water partition coefficient (Wildman–Crippen LogP) is 4.15. The molecule has 2 aromatic heterocycles. The SMILES string of the molecule is CCC(CC)C(Cl)CNc1ncnc2sccc12. The van der Waals surface area contributed by atoms with Crippen LogP contribution in [0.5, 0.6) is 0 Å². The van der Waals surface area contributed by atoms with Gasteiger partial charge in [-0.15, -0.1) is 22.9 Å². The van der Waals surface area contributed by atoms with Gasteiger partial charge in [-0.25, -0.2) is 9.97 Å². The van der Waals surface area contributed by atoms with Gasteiger partial charge in [-0.05, 0) is 17.4 Å². The fourth-order valence-electron chi connectivity index (χ4n) is 2.09. The molecule has 0 aliphatic rings. The minimum atomic E-state index is 0.142. The molecule has 0 saturated heterocycles. The molecule has 0 saturated carbocycles. The number of nitrogens with one attached hydrogen (secondary N) is 1. The van der Waals surface area contributed by atoms with E-state index in [0.29, 0.717) is 5.92 Å². The predicted molar refractivity (Wildman–Crippen MR) is 79.6 cm³/mol. The minimum absolute atomic E-state index is 0.142. The summed E-state index contributed by atoms with van der Waals surface area (Å²) >= 11 is 8.05. The van der Waals surface area contributed by atoms with Crippen LogP contribution >= 0.6 is 22.9 Å². The van der Waals surface area contributed by atoms with Gasteiger partial charge in [0, 0.05) is 6.54 Å². The van der Waals surface area contributed by atoms with Gasteiger partial charge in [0.15, 0.2) is 0 Å². The van der Waals surface area contributed by atoms with Crippen molar-refractivity contribution in [1.82, 2.24) is 9.97 Å². The first-order chi connectivity index (χ1) is 8.76. The number of anilines is 1. The molecule has 0 bridgehead atoms. The van der Waals surface area contributed by atoms with E-state index in [9.17, 15) is 0 Å². The summed E-state index contributed by atoms with van der Waals surface area (Å²) in [6.07, 6.45) is 3.83. The molecule has 0 aliphatic heterocycles. The molecule has 0 amide bonds. The van der Waals surface area contributed by atoms with Gasteiger partial charge in [-0.2, -0.15) is 0 Å². The molecule has 0 fully saturated rings. The van der Waals surface area contributed by atoms with Gasteiger partial charge < -0.3 is 5.32 Å². The number of nitrogens with zero attached hydrogens (tertiary/aromatic N) is 2. The van der Waals surface area contributed by atoms with Crippen LogP contribution in [0, 0.1) is 5.92 Å². The van der Waals surface area contributed by atoms with Gasteiger partial charge in [0.1, 0.15) is 17.0 Å². The number of thiophene rings is 1. The molecule has 0 aromatic carbocycles. The molecule has 1 unspecified atom stereocenters. The zero-order valence-corrected chi connectivity index (χ0v) is 12.3. The fraction of sp³-hybridized carbons (Fsp3) is 0.538. The lowest BCUT2D eigenvalue weighted by molar-refractivity contribution is 0.475. The highest BCUT2D eigenvalue weighted by molar-refractivity contribution is 7.16. The van der Waals surface area contributed by atoms with Crippen molar-refractivity contribution < 1.29 is 0 Å². The summed E-state index contributed by atoms with van der Waals surface area (Å²) in [5.41, 5.74) is 0. The largest absolute Gasteiger partial charge is 0.368 e. The lowest BCUT2D eigenvalue weighted by atomic mass is 9.99. The van der Waals surface area contributed by atoms with Crippen molar-refractivity contribution in [3.05, 3.63) is 17.8 Å². The third kappa shape index (κ3) is 2.93. The van der Waals surface area contributed by atoms with Crippen LogP contribution in [-0.4, -0.2) is 21.9 Å². The average molecular weight is 284 g/mol. The number of rotatable bonds is 6. The first kappa shape index (κ1) is 13.6. The number of alkyl halides is 1. The number of aromatic nitrogens is 2. The molecule has 0 radical (unpaired) electrons. The number of fused-ring (bicyclic) bond motifs is 1. The third-order valence-electron chi connectivity index (χ3n) is 3.29. The first-order valence-electron chi connectivity index (χ1n) is 6.32. The van der Waals surface area contributed by atoms with Crippen molar-refractivity contribution in [1.29, 1.82) is 0 Å². The smallest absolute Gasteiger partial charge is 0.138 e. The third-order valence-corrected chi connectivity index (χ3v) is 4.62. The van der Waals surface area contributed by atoms with Crippen LogP contribution in [0.1, 0.15) is 26.7 Å². The Morgan fingerprint density at radius 1 is 1.33 bits per heavy atom.